The van der Waals surface area contributed by atoms with E-state index in [1.807, 2.05) is 0 Å². The normalized spacial score (nSPS) is 11.2. The smallest absolute Gasteiger partial charge is 0.279 e. The van der Waals surface area contributed by atoms with Crippen LogP contribution >= 0.6 is 0 Å². The molecule has 0 aliphatic rings. The minimum atomic E-state index is -0.764. The highest BCUT2D eigenvalue weighted by atomic mass is 16.5. The molecule has 0 aliphatic heterocycles. The van der Waals surface area contributed by atoms with Crippen LogP contribution in [0.15, 0.2) is 54.6 Å². The summed E-state index contributed by atoms with van der Waals surface area (Å²) in [6.07, 6.45) is -0.764. The Hall–Kier alpha value is -3.02. The monoisotopic (exact) mass is 314 g/mol. The molecule has 0 radical (unpaired) electrons. The van der Waals surface area contributed by atoms with Gasteiger partial charge in [-0.1, -0.05) is 18.2 Å². The van der Waals surface area contributed by atoms with Gasteiger partial charge >= 0.3 is 0 Å². The molecular weight excluding hydrogens is 296 g/mol. The van der Waals surface area contributed by atoms with E-state index in [0.29, 0.717) is 17.1 Å². The lowest BCUT2D eigenvalue weighted by molar-refractivity contribution is -0.128. The van der Waals surface area contributed by atoms with Crippen LogP contribution in [0.25, 0.3) is 0 Å². The number of hydrazine groups is 1. The molecule has 120 valence electrons. The van der Waals surface area contributed by atoms with Crippen molar-refractivity contribution < 1.29 is 19.1 Å². The average molecular weight is 314 g/mol. The summed E-state index contributed by atoms with van der Waals surface area (Å²) in [5.41, 5.74) is 5.14. The van der Waals surface area contributed by atoms with E-state index >= 15 is 0 Å². The van der Waals surface area contributed by atoms with E-state index in [4.69, 9.17) is 9.47 Å². The Balaban J connectivity index is 1.83. The fourth-order valence-electron chi connectivity index (χ4n) is 1.79. The van der Waals surface area contributed by atoms with Gasteiger partial charge in [-0.05, 0) is 43.3 Å². The molecule has 0 heterocycles. The van der Waals surface area contributed by atoms with Gasteiger partial charge in [0.15, 0.2) is 6.10 Å². The zero-order valence-corrected chi connectivity index (χ0v) is 12.9. The number of carbonyl (C=O) groups excluding carboxylic acids is 2. The fraction of sp³-hybridized carbons (Fsp3) is 0.176. The Morgan fingerprint density at radius 2 is 1.52 bits per heavy atom. The largest absolute Gasteiger partial charge is 0.497 e. The van der Waals surface area contributed by atoms with Crippen molar-refractivity contribution in [3.05, 3.63) is 60.2 Å². The van der Waals surface area contributed by atoms with Gasteiger partial charge < -0.3 is 9.47 Å². The number of hydrogen-bond acceptors (Lipinski definition) is 4. The molecule has 0 bridgehead atoms. The molecule has 2 aromatic rings. The maximum atomic E-state index is 11.9. The van der Waals surface area contributed by atoms with Crippen molar-refractivity contribution in [2.75, 3.05) is 7.11 Å². The number of rotatable bonds is 5. The van der Waals surface area contributed by atoms with E-state index in [9.17, 15) is 9.59 Å². The van der Waals surface area contributed by atoms with Crippen molar-refractivity contribution in [1.29, 1.82) is 0 Å². The molecule has 1 unspecified atom stereocenters. The van der Waals surface area contributed by atoms with E-state index in [1.165, 1.54) is 0 Å². The summed E-state index contributed by atoms with van der Waals surface area (Å²) in [5, 5.41) is 0. The molecule has 0 spiro atoms. The van der Waals surface area contributed by atoms with Gasteiger partial charge in [-0.15, -0.1) is 0 Å². The van der Waals surface area contributed by atoms with Crippen LogP contribution in [0.1, 0.15) is 17.3 Å². The van der Waals surface area contributed by atoms with Gasteiger partial charge in [0.2, 0.25) is 0 Å². The molecule has 6 nitrogen and oxygen atoms in total. The molecule has 23 heavy (non-hydrogen) atoms. The lowest BCUT2D eigenvalue weighted by atomic mass is 10.2. The maximum Gasteiger partial charge on any atom is 0.279 e. The summed E-state index contributed by atoms with van der Waals surface area (Å²) in [5.74, 6) is 0.383. The van der Waals surface area contributed by atoms with E-state index in [1.54, 1.807) is 68.6 Å². The summed E-state index contributed by atoms with van der Waals surface area (Å²) >= 11 is 0. The predicted octanol–water partition coefficient (Wildman–Crippen LogP) is 1.92. The lowest BCUT2D eigenvalue weighted by Gasteiger charge is -2.15. The van der Waals surface area contributed by atoms with Crippen molar-refractivity contribution >= 4 is 11.8 Å². The fourth-order valence-corrected chi connectivity index (χ4v) is 1.79. The summed E-state index contributed by atoms with van der Waals surface area (Å²) < 4.78 is 10.5. The first-order valence-corrected chi connectivity index (χ1v) is 7.06. The molecular formula is C17H18N2O4. The second kappa shape index (κ2) is 7.84. The van der Waals surface area contributed by atoms with Crippen molar-refractivity contribution in [2.45, 2.75) is 13.0 Å². The minimum Gasteiger partial charge on any atom is -0.497 e. The van der Waals surface area contributed by atoms with Crippen LogP contribution in [0.4, 0.5) is 0 Å². The van der Waals surface area contributed by atoms with Crippen LogP contribution in [0.3, 0.4) is 0 Å². The van der Waals surface area contributed by atoms with Crippen molar-refractivity contribution in [3.63, 3.8) is 0 Å². The van der Waals surface area contributed by atoms with Gasteiger partial charge in [-0.3, -0.25) is 20.4 Å². The van der Waals surface area contributed by atoms with Crippen LogP contribution < -0.4 is 20.3 Å². The second-order valence-corrected chi connectivity index (χ2v) is 4.75. The highest BCUT2D eigenvalue weighted by Gasteiger charge is 2.15. The molecule has 2 aromatic carbocycles. The Morgan fingerprint density at radius 1 is 0.913 bits per heavy atom. The van der Waals surface area contributed by atoms with Crippen LogP contribution in [0.2, 0.25) is 0 Å². The first kappa shape index (κ1) is 16.4. The summed E-state index contributed by atoms with van der Waals surface area (Å²) in [6, 6.07) is 15.5. The third-order valence-electron chi connectivity index (χ3n) is 3.08. The van der Waals surface area contributed by atoms with Gasteiger partial charge in [0, 0.05) is 5.56 Å². The average Bonchev–Trinajstić information content (AvgIpc) is 2.60. The first-order valence-electron chi connectivity index (χ1n) is 7.06. The van der Waals surface area contributed by atoms with Crippen molar-refractivity contribution in [2.24, 2.45) is 0 Å². The van der Waals surface area contributed by atoms with Gasteiger partial charge in [0.05, 0.1) is 7.11 Å². The molecule has 2 N–H and O–H groups in total. The number of methoxy groups -OCH3 is 1. The van der Waals surface area contributed by atoms with Gasteiger partial charge in [-0.2, -0.15) is 0 Å². The Morgan fingerprint density at radius 3 is 2.13 bits per heavy atom. The molecule has 1 atom stereocenters. The van der Waals surface area contributed by atoms with E-state index in [0.717, 1.165) is 0 Å². The van der Waals surface area contributed by atoms with Gasteiger partial charge in [0.25, 0.3) is 11.8 Å². The molecule has 0 aromatic heterocycles. The highest BCUT2D eigenvalue weighted by Crippen LogP contribution is 2.18. The Labute approximate surface area is 134 Å². The molecule has 2 rings (SSSR count). The quantitative estimate of drug-likeness (QED) is 0.827. The van der Waals surface area contributed by atoms with Crippen LogP contribution in [0, 0.1) is 0 Å². The minimum absolute atomic E-state index is 0.393. The summed E-state index contributed by atoms with van der Waals surface area (Å²) in [7, 11) is 1.57. The van der Waals surface area contributed by atoms with Crippen LogP contribution in [-0.2, 0) is 4.79 Å². The Kier molecular flexibility index (Phi) is 5.57. The Bertz CT molecular complexity index is 656. The SMILES string of the molecule is COc1ccc(OC(C)C(=O)NNC(=O)c2ccccc2)cc1. The van der Waals surface area contributed by atoms with Crippen LogP contribution in [-0.4, -0.2) is 25.0 Å². The topological polar surface area (TPSA) is 76.7 Å². The highest BCUT2D eigenvalue weighted by molar-refractivity contribution is 5.95. The van der Waals surface area contributed by atoms with E-state index in [-0.39, 0.29) is 0 Å². The molecule has 2 amide bonds. The zero-order valence-electron chi connectivity index (χ0n) is 12.9. The van der Waals surface area contributed by atoms with Gasteiger partial charge in [-0.25, -0.2) is 0 Å². The number of nitrogens with one attached hydrogen (secondary N) is 2. The number of amides is 2. The summed E-state index contributed by atoms with van der Waals surface area (Å²) in [4.78, 5) is 23.8. The molecule has 0 saturated carbocycles. The van der Waals surface area contributed by atoms with Crippen molar-refractivity contribution in [1.82, 2.24) is 10.9 Å². The molecule has 0 fully saturated rings. The number of benzene rings is 2. The summed E-state index contributed by atoms with van der Waals surface area (Å²) in [6.45, 7) is 1.59. The second-order valence-electron chi connectivity index (χ2n) is 4.75. The van der Waals surface area contributed by atoms with Crippen LogP contribution in [0.5, 0.6) is 11.5 Å². The molecule has 0 saturated heterocycles. The maximum absolute atomic E-state index is 11.9. The van der Waals surface area contributed by atoms with E-state index < -0.39 is 17.9 Å². The zero-order chi connectivity index (χ0) is 16.7. The molecule has 6 heteroatoms. The number of ether oxygens (including phenoxy) is 2. The first-order chi connectivity index (χ1) is 11.1. The number of carbonyl (C=O) groups is 2. The predicted molar refractivity (Wildman–Crippen MR) is 85.1 cm³/mol. The van der Waals surface area contributed by atoms with E-state index in [2.05, 4.69) is 10.9 Å². The van der Waals surface area contributed by atoms with Crippen molar-refractivity contribution in [3.8, 4) is 11.5 Å². The third-order valence-corrected chi connectivity index (χ3v) is 3.08. The molecule has 0 aliphatic carbocycles. The number of hydrogen-bond donors (Lipinski definition) is 2. The third kappa shape index (κ3) is 4.74. The lowest BCUT2D eigenvalue weighted by Crippen LogP contribution is -2.47. The standard InChI is InChI=1S/C17H18N2O4/c1-12(23-15-10-8-14(22-2)9-11-15)16(20)18-19-17(21)13-6-4-3-5-7-13/h3-12H,1-2H3,(H,18,20)(H,19,21). The van der Waals surface area contributed by atoms with Gasteiger partial charge in [0.1, 0.15) is 11.5 Å².